The standard InChI is InChI=1S/C74H130O6/c1-4-7-10-13-15-17-19-21-23-25-27-29-31-33-35-37-39-40-42-44-46-48-50-52-54-56-58-61-64-67-73(76)79-70-71(69-78-72(75)66-63-60-12-9-6-3)80-74(77)68-65-62-59-57-55-53-51-49-47-45-43-41-38-36-34-32-30-28-26-24-22-20-18-16-14-11-8-5-2/h7,10,15,17,21,23,27,29,33,35,39-40,44,46,71H,4-6,8-9,11-14,16,18-20,22,24-26,28,30-32,34,36-38,41-43,45,47-70H2,1-3H3/b10-7-,17-15-,23-21-,29-27-,35-33-,40-39-,46-44-. The zero-order chi connectivity index (χ0) is 57.8. The molecule has 0 N–H and O–H groups in total. The summed E-state index contributed by atoms with van der Waals surface area (Å²) < 4.78 is 16.8. The van der Waals surface area contributed by atoms with E-state index in [0.717, 1.165) is 116 Å². The molecule has 0 aliphatic carbocycles. The molecule has 0 aromatic heterocycles. The normalized spacial score (nSPS) is 12.6. The van der Waals surface area contributed by atoms with Crippen LogP contribution in [0.2, 0.25) is 0 Å². The molecular weight excluding hydrogens is 985 g/mol. The molecule has 0 heterocycles. The Bertz CT molecular complexity index is 1520. The van der Waals surface area contributed by atoms with E-state index in [1.165, 1.54) is 193 Å². The van der Waals surface area contributed by atoms with Crippen LogP contribution < -0.4 is 0 Å². The summed E-state index contributed by atoms with van der Waals surface area (Å²) in [6.07, 6.45) is 90.9. The third kappa shape index (κ3) is 65.4. The van der Waals surface area contributed by atoms with E-state index in [4.69, 9.17) is 14.2 Å². The van der Waals surface area contributed by atoms with Crippen LogP contribution in [0.3, 0.4) is 0 Å². The summed E-state index contributed by atoms with van der Waals surface area (Å²) in [5.74, 6) is -0.888. The van der Waals surface area contributed by atoms with Crippen molar-refractivity contribution in [3.05, 3.63) is 85.1 Å². The Labute approximate surface area is 496 Å². The number of allylic oxidation sites excluding steroid dienone is 14. The van der Waals surface area contributed by atoms with Crippen molar-refractivity contribution >= 4 is 17.9 Å². The van der Waals surface area contributed by atoms with Gasteiger partial charge in [-0.05, 0) is 77.0 Å². The molecule has 0 saturated heterocycles. The average molecular weight is 1120 g/mol. The van der Waals surface area contributed by atoms with E-state index in [1.807, 2.05) is 0 Å². The van der Waals surface area contributed by atoms with E-state index >= 15 is 0 Å². The molecule has 0 saturated carbocycles. The van der Waals surface area contributed by atoms with Crippen LogP contribution in [0.25, 0.3) is 0 Å². The van der Waals surface area contributed by atoms with Crippen molar-refractivity contribution < 1.29 is 28.6 Å². The topological polar surface area (TPSA) is 78.9 Å². The van der Waals surface area contributed by atoms with E-state index in [1.54, 1.807) is 0 Å². The van der Waals surface area contributed by atoms with Gasteiger partial charge in [-0.1, -0.05) is 337 Å². The number of carbonyl (C=O) groups is 3. The van der Waals surface area contributed by atoms with Crippen molar-refractivity contribution in [2.75, 3.05) is 13.2 Å². The lowest BCUT2D eigenvalue weighted by molar-refractivity contribution is -0.167. The van der Waals surface area contributed by atoms with Crippen LogP contribution in [0.4, 0.5) is 0 Å². The van der Waals surface area contributed by atoms with E-state index in [9.17, 15) is 14.4 Å². The highest BCUT2D eigenvalue weighted by atomic mass is 16.6. The molecule has 0 aromatic carbocycles. The Morgan fingerprint density at radius 1 is 0.263 bits per heavy atom. The fourth-order valence-corrected chi connectivity index (χ4v) is 10.0. The van der Waals surface area contributed by atoms with Crippen LogP contribution >= 0.6 is 0 Å². The summed E-state index contributed by atoms with van der Waals surface area (Å²) >= 11 is 0. The third-order valence-electron chi connectivity index (χ3n) is 15.2. The molecule has 0 aromatic rings. The second-order valence-electron chi connectivity index (χ2n) is 23.1. The van der Waals surface area contributed by atoms with Crippen molar-refractivity contribution in [1.29, 1.82) is 0 Å². The van der Waals surface area contributed by atoms with Crippen molar-refractivity contribution in [2.45, 2.75) is 354 Å². The minimum Gasteiger partial charge on any atom is -0.462 e. The molecule has 462 valence electrons. The van der Waals surface area contributed by atoms with Crippen LogP contribution in [-0.2, 0) is 28.6 Å². The minimum absolute atomic E-state index is 0.0777. The van der Waals surface area contributed by atoms with Gasteiger partial charge in [-0.25, -0.2) is 0 Å². The molecule has 0 radical (unpaired) electrons. The maximum atomic E-state index is 12.9. The van der Waals surface area contributed by atoms with E-state index in [2.05, 4.69) is 106 Å². The quantitative estimate of drug-likeness (QED) is 0.0261. The minimum atomic E-state index is -0.777. The lowest BCUT2D eigenvalue weighted by atomic mass is 10.0. The second-order valence-corrected chi connectivity index (χ2v) is 23.1. The summed E-state index contributed by atoms with van der Waals surface area (Å²) in [5, 5.41) is 0. The number of hydrogen-bond acceptors (Lipinski definition) is 6. The first kappa shape index (κ1) is 76.6. The van der Waals surface area contributed by atoms with Gasteiger partial charge in [0.05, 0.1) is 0 Å². The van der Waals surface area contributed by atoms with E-state index in [-0.39, 0.29) is 31.1 Å². The summed E-state index contributed by atoms with van der Waals surface area (Å²) in [6, 6.07) is 0. The molecule has 0 aliphatic heterocycles. The van der Waals surface area contributed by atoms with Crippen LogP contribution in [0.5, 0.6) is 0 Å². The molecule has 0 rings (SSSR count). The fraction of sp³-hybridized carbons (Fsp3) is 0.770. The molecule has 6 heteroatoms. The molecule has 0 bridgehead atoms. The Morgan fingerprint density at radius 3 is 0.762 bits per heavy atom. The molecule has 0 spiro atoms. The molecule has 0 amide bonds. The second kappa shape index (κ2) is 68.1. The van der Waals surface area contributed by atoms with Gasteiger partial charge in [0.15, 0.2) is 6.10 Å². The van der Waals surface area contributed by atoms with Crippen molar-refractivity contribution in [3.8, 4) is 0 Å². The van der Waals surface area contributed by atoms with Crippen molar-refractivity contribution in [3.63, 3.8) is 0 Å². The first-order valence-corrected chi connectivity index (χ1v) is 34.6. The van der Waals surface area contributed by atoms with E-state index in [0.29, 0.717) is 19.3 Å². The highest BCUT2D eigenvalue weighted by molar-refractivity contribution is 5.71. The van der Waals surface area contributed by atoms with Crippen molar-refractivity contribution in [1.82, 2.24) is 0 Å². The first-order valence-electron chi connectivity index (χ1n) is 34.6. The molecule has 1 unspecified atom stereocenters. The van der Waals surface area contributed by atoms with E-state index < -0.39 is 6.10 Å². The maximum Gasteiger partial charge on any atom is 0.306 e. The number of carbonyl (C=O) groups excluding carboxylic acids is 3. The zero-order valence-electron chi connectivity index (χ0n) is 53.1. The maximum absolute atomic E-state index is 12.9. The molecular formula is C74H130O6. The van der Waals surface area contributed by atoms with Crippen LogP contribution in [0.15, 0.2) is 85.1 Å². The molecule has 80 heavy (non-hydrogen) atoms. The molecule has 1 atom stereocenters. The Balaban J connectivity index is 4.01. The number of esters is 3. The number of ether oxygens (including phenoxy) is 3. The summed E-state index contributed by atoms with van der Waals surface area (Å²) in [7, 11) is 0. The van der Waals surface area contributed by atoms with Crippen LogP contribution in [0, 0.1) is 0 Å². The van der Waals surface area contributed by atoms with Crippen LogP contribution in [-0.4, -0.2) is 37.2 Å². The monoisotopic (exact) mass is 1110 g/mol. The lowest BCUT2D eigenvalue weighted by Crippen LogP contribution is -2.30. The highest BCUT2D eigenvalue weighted by Crippen LogP contribution is 2.18. The van der Waals surface area contributed by atoms with Gasteiger partial charge >= 0.3 is 17.9 Å². The number of rotatable bonds is 63. The SMILES string of the molecule is CC/C=C\C/C=C\C/C=C\C/C=C\C/C=C\C/C=C\C/C=C\CCCCCCCCCC(=O)OCC(COC(=O)CCCCCCC)OC(=O)CCCCCCCCCCCCCCCCCCCCCCCCCCCCCC. The third-order valence-corrected chi connectivity index (χ3v) is 15.2. The smallest absolute Gasteiger partial charge is 0.306 e. The molecule has 0 aliphatic rings. The molecule has 6 nitrogen and oxygen atoms in total. The van der Waals surface area contributed by atoms with Gasteiger partial charge in [-0.3, -0.25) is 14.4 Å². The van der Waals surface area contributed by atoms with Gasteiger partial charge in [0.25, 0.3) is 0 Å². The molecule has 0 fully saturated rings. The van der Waals surface area contributed by atoms with Gasteiger partial charge < -0.3 is 14.2 Å². The first-order chi connectivity index (χ1) is 39.5. The predicted octanol–water partition coefficient (Wildman–Crippen LogP) is 23.8. The van der Waals surface area contributed by atoms with Crippen LogP contribution in [0.1, 0.15) is 348 Å². The lowest BCUT2D eigenvalue weighted by Gasteiger charge is -2.18. The Kier molecular flexibility index (Phi) is 65.2. The number of unbranched alkanes of at least 4 members (excludes halogenated alkanes) is 38. The number of hydrogen-bond donors (Lipinski definition) is 0. The average Bonchev–Trinajstić information content (AvgIpc) is 3.46. The summed E-state index contributed by atoms with van der Waals surface area (Å²) in [4.78, 5) is 38.0. The van der Waals surface area contributed by atoms with Crippen molar-refractivity contribution in [2.24, 2.45) is 0 Å². The largest absolute Gasteiger partial charge is 0.462 e. The Morgan fingerprint density at radius 2 is 0.487 bits per heavy atom. The fourth-order valence-electron chi connectivity index (χ4n) is 10.0. The summed E-state index contributed by atoms with van der Waals surface area (Å²) in [6.45, 7) is 6.48. The predicted molar refractivity (Wildman–Crippen MR) is 348 cm³/mol. The van der Waals surface area contributed by atoms with Gasteiger partial charge in [0.1, 0.15) is 13.2 Å². The van der Waals surface area contributed by atoms with Gasteiger partial charge in [-0.15, -0.1) is 0 Å². The Hall–Kier alpha value is -3.41. The van der Waals surface area contributed by atoms with Gasteiger partial charge in [0.2, 0.25) is 0 Å². The van der Waals surface area contributed by atoms with Gasteiger partial charge in [0, 0.05) is 19.3 Å². The summed E-state index contributed by atoms with van der Waals surface area (Å²) in [5.41, 5.74) is 0. The zero-order valence-corrected chi connectivity index (χ0v) is 53.1. The highest BCUT2D eigenvalue weighted by Gasteiger charge is 2.19. The van der Waals surface area contributed by atoms with Gasteiger partial charge in [-0.2, -0.15) is 0 Å².